The third-order valence-electron chi connectivity index (χ3n) is 1.35. The molecule has 0 radical (unpaired) electrons. The number of benzene rings is 1. The van der Waals surface area contributed by atoms with Crippen molar-refractivity contribution in [2.24, 2.45) is 0 Å². The molecule has 0 aromatic heterocycles. The predicted molar refractivity (Wildman–Crippen MR) is 50.5 cm³/mol. The van der Waals surface area contributed by atoms with Crippen LogP contribution >= 0.6 is 27.5 Å². The van der Waals surface area contributed by atoms with Gasteiger partial charge in [0, 0.05) is 9.50 Å². The van der Waals surface area contributed by atoms with Crippen molar-refractivity contribution in [1.82, 2.24) is 0 Å². The van der Waals surface area contributed by atoms with Gasteiger partial charge in [-0.05, 0) is 23.8 Å². The fraction of sp³-hybridized carbons (Fsp3) is 0.125. The summed E-state index contributed by atoms with van der Waals surface area (Å²) in [6, 6.07) is 5.15. The van der Waals surface area contributed by atoms with Crippen LogP contribution in [-0.2, 0) is 11.2 Å². The van der Waals surface area contributed by atoms with Crippen molar-refractivity contribution >= 4 is 33.5 Å². The normalized spacial score (nSPS) is 9.83. The Morgan fingerprint density at radius 3 is 2.83 bits per heavy atom. The maximum atomic E-state index is 10.4. The first kappa shape index (κ1) is 9.55. The number of aliphatic carboxylic acids is 1. The summed E-state index contributed by atoms with van der Waals surface area (Å²) in [7, 11) is 0. The van der Waals surface area contributed by atoms with Gasteiger partial charge in [0.2, 0.25) is 0 Å². The Bertz CT molecular complexity index is 312. The van der Waals surface area contributed by atoms with Crippen LogP contribution in [0.1, 0.15) is 5.56 Å². The molecule has 2 nitrogen and oxygen atoms in total. The summed E-state index contributed by atoms with van der Waals surface area (Å²) in [6.07, 6.45) is -0.0434. The first-order chi connectivity index (χ1) is 5.59. The average Bonchev–Trinajstić information content (AvgIpc) is 1.96. The van der Waals surface area contributed by atoms with Gasteiger partial charge in [-0.1, -0.05) is 27.5 Å². The van der Waals surface area contributed by atoms with Crippen LogP contribution in [0.3, 0.4) is 0 Å². The zero-order chi connectivity index (χ0) is 9.14. The SMILES string of the molecule is O=C(O)Cc1cc(Br)ccc1Cl. The number of hydrogen-bond acceptors (Lipinski definition) is 1. The molecular formula is C8H6BrClO2. The Labute approximate surface area is 83.3 Å². The van der Waals surface area contributed by atoms with E-state index in [0.717, 1.165) is 4.47 Å². The summed E-state index contributed by atoms with van der Waals surface area (Å²) >= 11 is 8.99. The van der Waals surface area contributed by atoms with E-state index in [1.165, 1.54) is 0 Å². The Balaban J connectivity index is 2.97. The molecule has 0 saturated carbocycles. The zero-order valence-corrected chi connectivity index (χ0v) is 8.39. The second-order valence-electron chi connectivity index (χ2n) is 2.31. The molecule has 0 atom stereocenters. The second kappa shape index (κ2) is 3.92. The lowest BCUT2D eigenvalue weighted by Crippen LogP contribution is -2.00. The van der Waals surface area contributed by atoms with E-state index in [1.807, 2.05) is 0 Å². The van der Waals surface area contributed by atoms with E-state index in [9.17, 15) is 4.79 Å². The fourth-order valence-corrected chi connectivity index (χ4v) is 1.43. The highest BCUT2D eigenvalue weighted by Gasteiger charge is 2.05. The number of carboxylic acids is 1. The summed E-state index contributed by atoms with van der Waals surface area (Å²) in [5, 5.41) is 8.99. The summed E-state index contributed by atoms with van der Waals surface area (Å²) < 4.78 is 0.836. The lowest BCUT2D eigenvalue weighted by molar-refractivity contribution is -0.136. The number of halogens is 2. The van der Waals surface area contributed by atoms with Crippen molar-refractivity contribution in [3.63, 3.8) is 0 Å². The largest absolute Gasteiger partial charge is 0.481 e. The van der Waals surface area contributed by atoms with Gasteiger partial charge in [0.1, 0.15) is 0 Å². The Kier molecular flexibility index (Phi) is 3.12. The highest BCUT2D eigenvalue weighted by Crippen LogP contribution is 2.21. The third-order valence-corrected chi connectivity index (χ3v) is 2.21. The lowest BCUT2D eigenvalue weighted by Gasteiger charge is -2.00. The topological polar surface area (TPSA) is 37.3 Å². The molecule has 1 rings (SSSR count). The van der Waals surface area contributed by atoms with E-state index in [2.05, 4.69) is 15.9 Å². The van der Waals surface area contributed by atoms with E-state index < -0.39 is 5.97 Å². The molecule has 0 unspecified atom stereocenters. The van der Waals surface area contributed by atoms with Gasteiger partial charge in [0.05, 0.1) is 6.42 Å². The zero-order valence-electron chi connectivity index (χ0n) is 6.05. The minimum atomic E-state index is -0.880. The predicted octanol–water partition coefficient (Wildman–Crippen LogP) is 2.73. The number of hydrogen-bond donors (Lipinski definition) is 1. The first-order valence-electron chi connectivity index (χ1n) is 3.25. The van der Waals surface area contributed by atoms with E-state index in [0.29, 0.717) is 10.6 Å². The third kappa shape index (κ3) is 2.50. The van der Waals surface area contributed by atoms with Crippen LogP contribution in [0.2, 0.25) is 5.02 Å². The fourth-order valence-electron chi connectivity index (χ4n) is 0.842. The van der Waals surface area contributed by atoms with Gasteiger partial charge in [0.25, 0.3) is 0 Å². The molecular weight excluding hydrogens is 243 g/mol. The van der Waals surface area contributed by atoms with Gasteiger partial charge < -0.3 is 5.11 Å². The molecule has 0 heterocycles. The van der Waals surface area contributed by atoms with Gasteiger partial charge >= 0.3 is 5.97 Å². The van der Waals surface area contributed by atoms with Gasteiger partial charge in [-0.15, -0.1) is 0 Å². The first-order valence-corrected chi connectivity index (χ1v) is 4.42. The molecule has 12 heavy (non-hydrogen) atoms. The highest BCUT2D eigenvalue weighted by atomic mass is 79.9. The van der Waals surface area contributed by atoms with Crippen LogP contribution in [0.25, 0.3) is 0 Å². The number of rotatable bonds is 2. The Morgan fingerprint density at radius 2 is 2.25 bits per heavy atom. The van der Waals surface area contributed by atoms with Crippen LogP contribution in [0.5, 0.6) is 0 Å². The lowest BCUT2D eigenvalue weighted by atomic mass is 10.1. The molecule has 0 aliphatic carbocycles. The minimum absolute atomic E-state index is 0.0434. The molecule has 0 amide bonds. The molecule has 1 aromatic rings. The summed E-state index contributed by atoms with van der Waals surface area (Å²) in [5.41, 5.74) is 0.624. The monoisotopic (exact) mass is 248 g/mol. The van der Waals surface area contributed by atoms with Gasteiger partial charge in [0.15, 0.2) is 0 Å². The molecule has 64 valence electrons. The van der Waals surface area contributed by atoms with Crippen molar-refractivity contribution in [1.29, 1.82) is 0 Å². The van der Waals surface area contributed by atoms with Crippen molar-refractivity contribution in [3.8, 4) is 0 Å². The van der Waals surface area contributed by atoms with Crippen LogP contribution < -0.4 is 0 Å². The van der Waals surface area contributed by atoms with Crippen molar-refractivity contribution in [3.05, 3.63) is 33.3 Å². The molecule has 0 fully saturated rings. The molecule has 0 saturated heterocycles. The Hall–Kier alpha value is -0.540. The van der Waals surface area contributed by atoms with Gasteiger partial charge in [-0.25, -0.2) is 0 Å². The maximum absolute atomic E-state index is 10.4. The Morgan fingerprint density at radius 1 is 1.58 bits per heavy atom. The quantitative estimate of drug-likeness (QED) is 0.875. The number of carbonyl (C=O) groups is 1. The molecule has 1 aromatic carbocycles. The maximum Gasteiger partial charge on any atom is 0.307 e. The minimum Gasteiger partial charge on any atom is -0.481 e. The van der Waals surface area contributed by atoms with Crippen LogP contribution in [0, 0.1) is 0 Å². The molecule has 0 aliphatic heterocycles. The van der Waals surface area contributed by atoms with Crippen LogP contribution in [-0.4, -0.2) is 11.1 Å². The van der Waals surface area contributed by atoms with Gasteiger partial charge in [-0.2, -0.15) is 0 Å². The van der Waals surface area contributed by atoms with Crippen molar-refractivity contribution < 1.29 is 9.90 Å². The van der Waals surface area contributed by atoms with E-state index in [-0.39, 0.29) is 6.42 Å². The summed E-state index contributed by atoms with van der Waals surface area (Å²) in [6.45, 7) is 0. The number of carboxylic acid groups (broad SMARTS) is 1. The molecule has 1 N–H and O–H groups in total. The van der Waals surface area contributed by atoms with Crippen LogP contribution in [0.15, 0.2) is 22.7 Å². The standard InChI is InChI=1S/C8H6BrClO2/c9-6-1-2-7(10)5(3-6)4-8(11)12/h1-3H,4H2,(H,11,12). The molecule has 0 aliphatic rings. The van der Waals surface area contributed by atoms with E-state index in [1.54, 1.807) is 18.2 Å². The van der Waals surface area contributed by atoms with Crippen LogP contribution in [0.4, 0.5) is 0 Å². The average molecular weight is 249 g/mol. The van der Waals surface area contributed by atoms with E-state index in [4.69, 9.17) is 16.7 Å². The smallest absolute Gasteiger partial charge is 0.307 e. The molecule has 0 bridgehead atoms. The van der Waals surface area contributed by atoms with Crippen molar-refractivity contribution in [2.45, 2.75) is 6.42 Å². The molecule has 4 heteroatoms. The highest BCUT2D eigenvalue weighted by molar-refractivity contribution is 9.10. The second-order valence-corrected chi connectivity index (χ2v) is 3.63. The summed E-state index contributed by atoms with van der Waals surface area (Å²) in [5.74, 6) is -0.880. The van der Waals surface area contributed by atoms with Crippen molar-refractivity contribution in [2.75, 3.05) is 0 Å². The van der Waals surface area contributed by atoms with Gasteiger partial charge in [-0.3, -0.25) is 4.79 Å². The van der Waals surface area contributed by atoms with E-state index >= 15 is 0 Å². The summed E-state index contributed by atoms with van der Waals surface area (Å²) in [4.78, 5) is 10.4. The molecule has 0 spiro atoms.